The van der Waals surface area contributed by atoms with Gasteiger partial charge in [-0.15, -0.1) is 0 Å². The zero-order valence-electron chi connectivity index (χ0n) is 10.3. The average molecular weight is 266 g/mol. The third-order valence-corrected chi connectivity index (χ3v) is 2.50. The molecular formula is C12H14N2O5. The van der Waals surface area contributed by atoms with Gasteiger partial charge in [0.1, 0.15) is 12.5 Å². The highest BCUT2D eigenvalue weighted by Gasteiger charge is 2.25. The van der Waals surface area contributed by atoms with Gasteiger partial charge in [-0.05, 0) is 24.3 Å². The zero-order valence-corrected chi connectivity index (χ0v) is 10.3. The van der Waals surface area contributed by atoms with E-state index in [1.165, 1.54) is 0 Å². The van der Waals surface area contributed by atoms with Crippen LogP contribution in [0, 0.1) is 0 Å². The first-order chi connectivity index (χ1) is 9.19. The molecule has 2 N–H and O–H groups in total. The Morgan fingerprint density at radius 1 is 1.32 bits per heavy atom. The number of benzene rings is 1. The molecule has 1 fully saturated rings. The van der Waals surface area contributed by atoms with Crippen LogP contribution in [0.15, 0.2) is 24.3 Å². The van der Waals surface area contributed by atoms with Gasteiger partial charge < -0.3 is 19.5 Å². The molecule has 19 heavy (non-hydrogen) atoms. The molecule has 1 aliphatic rings. The standard InChI is InChI=1S/C12H14N2O5/c1-17-9-4-2-8(3-5-9)13-12(16)14-11(15)10-6-18-7-19-10/h2-5,10H,6-7H2,1H3,(H2,13,14,15,16). The maximum atomic E-state index is 11.6. The summed E-state index contributed by atoms with van der Waals surface area (Å²) in [6.45, 7) is 0.222. The van der Waals surface area contributed by atoms with Crippen LogP contribution in [-0.2, 0) is 14.3 Å². The second kappa shape index (κ2) is 6.17. The Morgan fingerprint density at radius 3 is 2.63 bits per heavy atom. The lowest BCUT2D eigenvalue weighted by atomic mass is 10.3. The van der Waals surface area contributed by atoms with Crippen molar-refractivity contribution in [2.45, 2.75) is 6.10 Å². The van der Waals surface area contributed by atoms with Gasteiger partial charge in [0.2, 0.25) is 0 Å². The van der Waals surface area contributed by atoms with Gasteiger partial charge in [-0.1, -0.05) is 0 Å². The van der Waals surface area contributed by atoms with Crippen LogP contribution in [0.4, 0.5) is 10.5 Å². The van der Waals surface area contributed by atoms with E-state index in [0.717, 1.165) is 0 Å². The van der Waals surface area contributed by atoms with Crippen molar-refractivity contribution in [3.8, 4) is 5.75 Å². The fraction of sp³-hybridized carbons (Fsp3) is 0.333. The van der Waals surface area contributed by atoms with Gasteiger partial charge in [-0.25, -0.2) is 4.79 Å². The molecule has 1 heterocycles. The summed E-state index contributed by atoms with van der Waals surface area (Å²) in [4.78, 5) is 23.1. The van der Waals surface area contributed by atoms with Crippen molar-refractivity contribution >= 4 is 17.6 Å². The fourth-order valence-corrected chi connectivity index (χ4v) is 1.51. The van der Waals surface area contributed by atoms with Crippen LogP contribution in [0.5, 0.6) is 5.75 Å². The number of anilines is 1. The lowest BCUT2D eigenvalue weighted by Crippen LogP contribution is -2.41. The van der Waals surface area contributed by atoms with Crippen molar-refractivity contribution in [1.82, 2.24) is 5.32 Å². The summed E-state index contributed by atoms with van der Waals surface area (Å²) < 4.78 is 14.8. The molecule has 102 valence electrons. The molecule has 0 aromatic heterocycles. The van der Waals surface area contributed by atoms with Gasteiger partial charge in [0.25, 0.3) is 5.91 Å². The molecule has 0 spiro atoms. The minimum absolute atomic E-state index is 0.0676. The van der Waals surface area contributed by atoms with E-state index in [-0.39, 0.29) is 13.4 Å². The van der Waals surface area contributed by atoms with E-state index in [2.05, 4.69) is 10.6 Å². The first kappa shape index (κ1) is 13.3. The number of nitrogens with one attached hydrogen (secondary N) is 2. The molecule has 1 unspecified atom stereocenters. The van der Waals surface area contributed by atoms with Crippen molar-refractivity contribution in [3.63, 3.8) is 0 Å². The van der Waals surface area contributed by atoms with Crippen LogP contribution in [0.3, 0.4) is 0 Å². The number of hydrogen-bond donors (Lipinski definition) is 2. The molecule has 1 saturated heterocycles. The summed E-state index contributed by atoms with van der Waals surface area (Å²) in [7, 11) is 1.55. The third-order valence-electron chi connectivity index (χ3n) is 2.50. The second-order valence-corrected chi connectivity index (χ2v) is 3.82. The molecule has 2 rings (SSSR count). The Balaban J connectivity index is 1.84. The van der Waals surface area contributed by atoms with Crippen molar-refractivity contribution in [1.29, 1.82) is 0 Å². The number of imide groups is 1. The van der Waals surface area contributed by atoms with Gasteiger partial charge in [0.05, 0.1) is 13.7 Å². The molecule has 1 aliphatic heterocycles. The van der Waals surface area contributed by atoms with Crippen molar-refractivity contribution in [3.05, 3.63) is 24.3 Å². The summed E-state index contributed by atoms with van der Waals surface area (Å²) in [5.41, 5.74) is 0.551. The van der Waals surface area contributed by atoms with E-state index in [1.54, 1.807) is 31.4 Å². The smallest absolute Gasteiger partial charge is 0.325 e. The third kappa shape index (κ3) is 3.67. The number of carbonyl (C=O) groups is 2. The summed E-state index contributed by atoms with van der Waals surface area (Å²) in [5, 5.41) is 4.70. The molecule has 1 aromatic rings. The highest BCUT2D eigenvalue weighted by Crippen LogP contribution is 2.14. The van der Waals surface area contributed by atoms with Crippen molar-refractivity contribution in [2.75, 3.05) is 25.8 Å². The summed E-state index contributed by atoms with van der Waals surface area (Å²) >= 11 is 0. The molecular weight excluding hydrogens is 252 g/mol. The summed E-state index contributed by atoms with van der Waals surface area (Å²) in [5.74, 6) is 0.155. The molecule has 7 heteroatoms. The molecule has 1 atom stereocenters. The second-order valence-electron chi connectivity index (χ2n) is 3.82. The average Bonchev–Trinajstić information content (AvgIpc) is 2.93. The molecule has 1 aromatic carbocycles. The van der Waals surface area contributed by atoms with E-state index < -0.39 is 18.0 Å². The quantitative estimate of drug-likeness (QED) is 0.841. The Bertz CT molecular complexity index is 454. The number of urea groups is 1. The molecule has 3 amide bonds. The first-order valence-corrected chi connectivity index (χ1v) is 5.64. The van der Waals surface area contributed by atoms with Crippen LogP contribution >= 0.6 is 0 Å². The number of carbonyl (C=O) groups excluding carboxylic acids is 2. The number of methoxy groups -OCH3 is 1. The Hall–Kier alpha value is -2.12. The highest BCUT2D eigenvalue weighted by molar-refractivity contribution is 6.02. The first-order valence-electron chi connectivity index (χ1n) is 5.64. The maximum Gasteiger partial charge on any atom is 0.325 e. The van der Waals surface area contributed by atoms with Crippen LogP contribution in [0.1, 0.15) is 0 Å². The number of amides is 3. The Morgan fingerprint density at radius 2 is 2.05 bits per heavy atom. The zero-order chi connectivity index (χ0) is 13.7. The van der Waals surface area contributed by atoms with Crippen LogP contribution in [0.25, 0.3) is 0 Å². The largest absolute Gasteiger partial charge is 0.497 e. The topological polar surface area (TPSA) is 85.9 Å². The van der Waals surface area contributed by atoms with Gasteiger partial charge in [0.15, 0.2) is 6.10 Å². The minimum Gasteiger partial charge on any atom is -0.497 e. The summed E-state index contributed by atoms with van der Waals surface area (Å²) in [6, 6.07) is 6.11. The van der Waals surface area contributed by atoms with Crippen LogP contribution in [-0.4, -0.2) is 38.6 Å². The predicted octanol–water partition coefficient (Wildman–Crippen LogP) is 0.716. The molecule has 0 aliphatic carbocycles. The van der Waals surface area contributed by atoms with Crippen molar-refractivity contribution < 1.29 is 23.8 Å². The Labute approximate surface area is 109 Å². The lowest BCUT2D eigenvalue weighted by molar-refractivity contribution is -0.128. The van der Waals surface area contributed by atoms with Gasteiger partial charge in [-0.3, -0.25) is 10.1 Å². The van der Waals surface area contributed by atoms with Gasteiger partial charge in [0, 0.05) is 5.69 Å². The summed E-state index contributed by atoms with van der Waals surface area (Å²) in [6.07, 6.45) is -0.735. The van der Waals surface area contributed by atoms with E-state index >= 15 is 0 Å². The van der Waals surface area contributed by atoms with E-state index in [0.29, 0.717) is 11.4 Å². The van der Waals surface area contributed by atoms with Gasteiger partial charge >= 0.3 is 6.03 Å². The normalized spacial score (nSPS) is 17.8. The SMILES string of the molecule is COc1ccc(NC(=O)NC(=O)C2COCO2)cc1. The van der Waals surface area contributed by atoms with Crippen LogP contribution < -0.4 is 15.4 Å². The maximum absolute atomic E-state index is 11.6. The monoisotopic (exact) mass is 266 g/mol. The van der Waals surface area contributed by atoms with E-state index in [4.69, 9.17) is 14.2 Å². The van der Waals surface area contributed by atoms with E-state index in [1.807, 2.05) is 0 Å². The molecule has 0 saturated carbocycles. The molecule has 7 nitrogen and oxygen atoms in total. The van der Waals surface area contributed by atoms with Crippen molar-refractivity contribution in [2.24, 2.45) is 0 Å². The predicted molar refractivity (Wildman–Crippen MR) is 65.8 cm³/mol. The van der Waals surface area contributed by atoms with E-state index in [9.17, 15) is 9.59 Å². The molecule has 0 bridgehead atoms. The molecule has 0 radical (unpaired) electrons. The number of rotatable bonds is 3. The number of hydrogen-bond acceptors (Lipinski definition) is 5. The van der Waals surface area contributed by atoms with Crippen LogP contribution in [0.2, 0.25) is 0 Å². The Kier molecular flexibility index (Phi) is 4.32. The fourth-order valence-electron chi connectivity index (χ4n) is 1.51. The number of ether oxygens (including phenoxy) is 3. The lowest BCUT2D eigenvalue weighted by Gasteiger charge is -2.09. The van der Waals surface area contributed by atoms with Gasteiger partial charge in [-0.2, -0.15) is 0 Å². The highest BCUT2D eigenvalue weighted by atomic mass is 16.7. The minimum atomic E-state index is -0.735.